The molecule has 0 bridgehead atoms. The summed E-state index contributed by atoms with van der Waals surface area (Å²) in [6.45, 7) is 6.18. The number of esters is 1. The summed E-state index contributed by atoms with van der Waals surface area (Å²) in [6.07, 6.45) is 2.73. The summed E-state index contributed by atoms with van der Waals surface area (Å²) in [5.41, 5.74) is 0.0552. The number of thioether (sulfide) groups is 1. The van der Waals surface area contributed by atoms with Crippen LogP contribution in [0.4, 0.5) is 0 Å². The van der Waals surface area contributed by atoms with Gasteiger partial charge in [0.1, 0.15) is 0 Å². The molecule has 0 atom stereocenters. The van der Waals surface area contributed by atoms with Gasteiger partial charge in [-0.3, -0.25) is 4.79 Å². The molecule has 0 unspecified atom stereocenters. The number of methoxy groups -OCH3 is 1. The van der Waals surface area contributed by atoms with Crippen LogP contribution in [0.25, 0.3) is 0 Å². The molecule has 2 rings (SSSR count). The highest BCUT2D eigenvalue weighted by atomic mass is 32.2. The van der Waals surface area contributed by atoms with E-state index in [0.29, 0.717) is 18.1 Å². The lowest BCUT2D eigenvalue weighted by Gasteiger charge is -2.12. The van der Waals surface area contributed by atoms with Gasteiger partial charge in [0, 0.05) is 5.41 Å². The molecule has 0 amide bonds. The fourth-order valence-corrected chi connectivity index (χ4v) is 3.12. The number of hydrogen-bond acceptors (Lipinski definition) is 6. The molecule has 0 saturated heterocycles. The van der Waals surface area contributed by atoms with E-state index in [-0.39, 0.29) is 16.8 Å². The van der Waals surface area contributed by atoms with Crippen LogP contribution in [0.5, 0.6) is 0 Å². The zero-order valence-electron chi connectivity index (χ0n) is 12.6. The first kappa shape index (κ1) is 15.4. The zero-order chi connectivity index (χ0) is 14.8. The molecule has 0 radical (unpaired) electrons. The lowest BCUT2D eigenvalue weighted by atomic mass is 9.96. The largest absolute Gasteiger partial charge is 0.469 e. The van der Waals surface area contributed by atoms with Gasteiger partial charge >= 0.3 is 5.97 Å². The predicted molar refractivity (Wildman–Crippen MR) is 77.5 cm³/mol. The number of carbonyl (C=O) groups excluding carboxylic acids is 1. The highest BCUT2D eigenvalue weighted by Crippen LogP contribution is 2.51. The van der Waals surface area contributed by atoms with E-state index in [2.05, 4.69) is 30.9 Å². The van der Waals surface area contributed by atoms with Crippen molar-refractivity contribution in [2.45, 2.75) is 51.2 Å². The van der Waals surface area contributed by atoms with Crippen molar-refractivity contribution in [3.63, 3.8) is 0 Å². The molecule has 1 saturated carbocycles. The maximum absolute atomic E-state index is 11.3. The third-order valence-corrected chi connectivity index (χ3v) is 4.74. The SMILES string of the molecule is COC(=O)CC1(CSCc2nc(C(C)(C)C)no2)CC1. The normalized spacial score (nSPS) is 17.0. The van der Waals surface area contributed by atoms with Crippen molar-refractivity contribution < 1.29 is 14.1 Å². The molecule has 1 aliphatic carbocycles. The molecule has 1 heterocycles. The first-order chi connectivity index (χ1) is 9.35. The molecule has 112 valence electrons. The van der Waals surface area contributed by atoms with Crippen molar-refractivity contribution in [2.75, 3.05) is 12.9 Å². The molecule has 0 N–H and O–H groups in total. The van der Waals surface area contributed by atoms with Gasteiger partial charge in [0.05, 0.1) is 19.3 Å². The lowest BCUT2D eigenvalue weighted by molar-refractivity contribution is -0.141. The van der Waals surface area contributed by atoms with Crippen LogP contribution in [0, 0.1) is 5.41 Å². The van der Waals surface area contributed by atoms with Crippen LogP contribution in [-0.4, -0.2) is 29.0 Å². The van der Waals surface area contributed by atoms with Crippen LogP contribution in [0.1, 0.15) is 51.7 Å². The number of hydrogen-bond donors (Lipinski definition) is 0. The van der Waals surface area contributed by atoms with Gasteiger partial charge in [0.25, 0.3) is 0 Å². The van der Waals surface area contributed by atoms with E-state index in [9.17, 15) is 4.79 Å². The molecule has 20 heavy (non-hydrogen) atoms. The van der Waals surface area contributed by atoms with Crippen LogP contribution < -0.4 is 0 Å². The maximum Gasteiger partial charge on any atom is 0.306 e. The number of carbonyl (C=O) groups is 1. The van der Waals surface area contributed by atoms with Gasteiger partial charge in [-0.2, -0.15) is 16.7 Å². The molecule has 1 aliphatic rings. The van der Waals surface area contributed by atoms with E-state index >= 15 is 0 Å². The summed E-state index contributed by atoms with van der Waals surface area (Å²) >= 11 is 1.75. The summed E-state index contributed by atoms with van der Waals surface area (Å²) < 4.78 is 10.00. The molecule has 6 heteroatoms. The molecular formula is C14H22N2O3S. The summed E-state index contributed by atoms with van der Waals surface area (Å²) in [4.78, 5) is 15.8. The van der Waals surface area contributed by atoms with Crippen LogP contribution in [-0.2, 0) is 20.7 Å². The Morgan fingerprint density at radius 2 is 2.15 bits per heavy atom. The standard InChI is InChI=1S/C14H22N2O3S/c1-13(2,3)12-15-10(19-16-12)8-20-9-14(5-6-14)7-11(17)18-4/h5-9H2,1-4H3. The number of rotatable bonds is 6. The predicted octanol–water partition coefficient (Wildman–Crippen LogP) is 2.94. The Morgan fingerprint density at radius 3 is 2.65 bits per heavy atom. The van der Waals surface area contributed by atoms with Gasteiger partial charge in [-0.15, -0.1) is 0 Å². The van der Waals surface area contributed by atoms with Crippen molar-refractivity contribution in [2.24, 2.45) is 5.41 Å². The first-order valence-electron chi connectivity index (χ1n) is 6.82. The van der Waals surface area contributed by atoms with E-state index in [0.717, 1.165) is 24.4 Å². The monoisotopic (exact) mass is 298 g/mol. The number of aromatic nitrogens is 2. The quantitative estimate of drug-likeness (QED) is 0.752. The first-order valence-corrected chi connectivity index (χ1v) is 7.98. The van der Waals surface area contributed by atoms with Crippen molar-refractivity contribution in [1.29, 1.82) is 0 Å². The molecule has 0 aromatic carbocycles. The third-order valence-electron chi connectivity index (χ3n) is 3.48. The van der Waals surface area contributed by atoms with Gasteiger partial charge < -0.3 is 9.26 Å². The second-order valence-corrected chi connectivity index (χ2v) is 7.49. The molecule has 1 fully saturated rings. The Balaban J connectivity index is 1.79. The fourth-order valence-electron chi connectivity index (χ4n) is 1.90. The second kappa shape index (κ2) is 5.76. The lowest BCUT2D eigenvalue weighted by Crippen LogP contribution is -2.13. The van der Waals surface area contributed by atoms with Gasteiger partial charge in [0.15, 0.2) is 5.82 Å². The minimum Gasteiger partial charge on any atom is -0.469 e. The van der Waals surface area contributed by atoms with Gasteiger partial charge in [-0.1, -0.05) is 25.9 Å². The molecule has 1 aromatic rings. The summed E-state index contributed by atoms with van der Waals surface area (Å²) in [6, 6.07) is 0. The number of nitrogens with zero attached hydrogens (tertiary/aromatic N) is 2. The smallest absolute Gasteiger partial charge is 0.306 e. The Bertz CT molecular complexity index is 475. The maximum atomic E-state index is 11.3. The van der Waals surface area contributed by atoms with Gasteiger partial charge in [-0.05, 0) is 24.0 Å². The highest BCUT2D eigenvalue weighted by Gasteiger charge is 2.44. The molecule has 0 spiro atoms. The van der Waals surface area contributed by atoms with Crippen molar-refractivity contribution in [3.05, 3.63) is 11.7 Å². The van der Waals surface area contributed by atoms with Crippen molar-refractivity contribution >= 4 is 17.7 Å². The Labute approximate surface area is 123 Å². The Hall–Kier alpha value is -1.04. The average molecular weight is 298 g/mol. The van der Waals surface area contributed by atoms with Crippen LogP contribution in [0.3, 0.4) is 0 Å². The summed E-state index contributed by atoms with van der Waals surface area (Å²) in [5.74, 6) is 2.93. The summed E-state index contributed by atoms with van der Waals surface area (Å²) in [5, 5.41) is 4.01. The van der Waals surface area contributed by atoms with Gasteiger partial charge in [-0.25, -0.2) is 0 Å². The Morgan fingerprint density at radius 1 is 1.45 bits per heavy atom. The molecule has 0 aliphatic heterocycles. The van der Waals surface area contributed by atoms with E-state index in [1.165, 1.54) is 7.11 Å². The molecular weight excluding hydrogens is 276 g/mol. The van der Waals surface area contributed by atoms with Crippen molar-refractivity contribution in [3.8, 4) is 0 Å². The molecule has 5 nitrogen and oxygen atoms in total. The number of ether oxygens (including phenoxy) is 1. The highest BCUT2D eigenvalue weighted by molar-refractivity contribution is 7.98. The second-order valence-electron chi connectivity index (χ2n) is 6.51. The van der Waals surface area contributed by atoms with Crippen LogP contribution in [0.2, 0.25) is 0 Å². The third kappa shape index (κ3) is 3.98. The van der Waals surface area contributed by atoms with Crippen molar-refractivity contribution in [1.82, 2.24) is 10.1 Å². The zero-order valence-corrected chi connectivity index (χ0v) is 13.4. The van der Waals surface area contributed by atoms with Crippen LogP contribution in [0.15, 0.2) is 4.52 Å². The minimum absolute atomic E-state index is 0.0883. The summed E-state index contributed by atoms with van der Waals surface area (Å²) in [7, 11) is 1.44. The van der Waals surface area contributed by atoms with E-state index in [1.807, 2.05) is 0 Å². The van der Waals surface area contributed by atoms with E-state index in [4.69, 9.17) is 9.26 Å². The Kier molecular flexibility index (Phi) is 4.42. The topological polar surface area (TPSA) is 65.2 Å². The van der Waals surface area contributed by atoms with Crippen LogP contribution >= 0.6 is 11.8 Å². The van der Waals surface area contributed by atoms with E-state index in [1.54, 1.807) is 11.8 Å². The minimum atomic E-state index is -0.115. The van der Waals surface area contributed by atoms with E-state index < -0.39 is 0 Å². The average Bonchev–Trinajstić information content (AvgIpc) is 2.94. The van der Waals surface area contributed by atoms with Gasteiger partial charge in [0.2, 0.25) is 5.89 Å². The fraction of sp³-hybridized carbons (Fsp3) is 0.786. The molecule has 1 aromatic heterocycles.